The summed E-state index contributed by atoms with van der Waals surface area (Å²) in [5, 5.41) is 14.3. The van der Waals surface area contributed by atoms with Crippen molar-refractivity contribution in [3.8, 4) is 0 Å². The lowest BCUT2D eigenvalue weighted by atomic mass is 9.85. The van der Waals surface area contributed by atoms with Crippen LogP contribution in [0, 0.1) is 22.7 Å². The number of carbonyl (C=O) groups excluding carboxylic acids is 2. The summed E-state index contributed by atoms with van der Waals surface area (Å²) in [5.74, 6) is -3.95. The van der Waals surface area contributed by atoms with E-state index >= 15 is 0 Å². The van der Waals surface area contributed by atoms with E-state index in [4.69, 9.17) is 9.47 Å². The number of nitrogens with one attached hydrogen (secondary N) is 2. The number of hydrogen-bond acceptors (Lipinski definition) is 5. The number of nitrogens with zero attached hydrogens (tertiary/aromatic N) is 1. The van der Waals surface area contributed by atoms with Crippen LogP contribution in [0.1, 0.15) is 54.4 Å². The molecule has 0 aromatic rings. The molecule has 2 aliphatic rings. The van der Waals surface area contributed by atoms with E-state index in [1.54, 1.807) is 20.8 Å². The number of piperidine rings is 1. The lowest BCUT2D eigenvalue weighted by Gasteiger charge is -2.38. The number of hydrogen-bond donors (Lipinski definition) is 3. The summed E-state index contributed by atoms with van der Waals surface area (Å²) in [6, 6.07) is -2.77. The smallest absolute Gasteiger partial charge is 0.405 e. The molecule has 0 aromatic heterocycles. The van der Waals surface area contributed by atoms with Gasteiger partial charge in [0.2, 0.25) is 17.7 Å². The first-order chi connectivity index (χ1) is 15.5. The molecule has 1 aliphatic heterocycles. The number of methoxy groups -OCH3 is 2. The van der Waals surface area contributed by atoms with Crippen molar-refractivity contribution in [1.29, 1.82) is 0 Å². The van der Waals surface area contributed by atoms with Gasteiger partial charge in [0.25, 0.3) is 0 Å². The molecule has 1 aliphatic carbocycles. The van der Waals surface area contributed by atoms with Gasteiger partial charge in [-0.05, 0) is 36.0 Å². The number of fused-ring (bicyclic) bond motifs is 1. The Bertz CT molecular complexity index is 776. The zero-order valence-electron chi connectivity index (χ0n) is 21.3. The molecule has 11 heteroatoms. The minimum atomic E-state index is -2.93. The molecule has 2 unspecified atom stereocenters. The van der Waals surface area contributed by atoms with Crippen LogP contribution in [0.4, 0.5) is 13.6 Å². The largest absolute Gasteiger partial charge is 0.465 e. The topological polar surface area (TPSA) is 117 Å². The molecule has 9 nitrogen and oxygen atoms in total. The number of likely N-dealkylation sites (tertiary alicyclic amines) is 1. The van der Waals surface area contributed by atoms with Gasteiger partial charge in [-0.25, -0.2) is 13.6 Å². The Labute approximate surface area is 199 Å². The van der Waals surface area contributed by atoms with Crippen molar-refractivity contribution >= 4 is 17.9 Å². The summed E-state index contributed by atoms with van der Waals surface area (Å²) >= 11 is 0. The Morgan fingerprint density at radius 2 is 1.68 bits per heavy atom. The van der Waals surface area contributed by atoms with Crippen molar-refractivity contribution < 1.29 is 37.7 Å². The average molecular weight is 492 g/mol. The first kappa shape index (κ1) is 28.2. The van der Waals surface area contributed by atoms with Gasteiger partial charge in [0.1, 0.15) is 12.1 Å². The normalized spacial score (nSPS) is 25.5. The molecule has 34 heavy (non-hydrogen) atoms. The van der Waals surface area contributed by atoms with E-state index in [2.05, 4.69) is 10.6 Å². The molecule has 0 bridgehead atoms. The maximum atomic E-state index is 13.5. The van der Waals surface area contributed by atoms with Crippen molar-refractivity contribution in [3.05, 3.63) is 0 Å². The van der Waals surface area contributed by atoms with E-state index < -0.39 is 60.1 Å². The van der Waals surface area contributed by atoms with Crippen LogP contribution in [0.15, 0.2) is 0 Å². The molecule has 1 heterocycles. The molecular weight excluding hydrogens is 452 g/mol. The van der Waals surface area contributed by atoms with Gasteiger partial charge in [-0.1, -0.05) is 34.6 Å². The number of amides is 3. The minimum Gasteiger partial charge on any atom is -0.465 e. The number of rotatable bonds is 10. The number of carboxylic acid groups (broad SMARTS) is 1. The maximum absolute atomic E-state index is 13.5. The summed E-state index contributed by atoms with van der Waals surface area (Å²) in [5.41, 5.74) is -0.907. The van der Waals surface area contributed by atoms with E-state index in [-0.39, 0.29) is 23.7 Å². The molecule has 3 amide bonds. The predicted molar refractivity (Wildman–Crippen MR) is 120 cm³/mol. The summed E-state index contributed by atoms with van der Waals surface area (Å²) in [6.45, 7) is 10.4. The molecule has 5 atom stereocenters. The number of alkyl halides is 2. The fraction of sp³-hybridized carbons (Fsp3) is 0.870. The molecular formula is C23H39F2N3O6. The Morgan fingerprint density at radius 3 is 2.12 bits per heavy atom. The van der Waals surface area contributed by atoms with Crippen LogP contribution in [0.2, 0.25) is 0 Å². The van der Waals surface area contributed by atoms with E-state index in [1.165, 1.54) is 19.1 Å². The fourth-order valence-corrected chi connectivity index (χ4v) is 5.13. The number of halogens is 2. The van der Waals surface area contributed by atoms with Crippen LogP contribution < -0.4 is 10.6 Å². The Balaban J connectivity index is 2.30. The van der Waals surface area contributed by atoms with E-state index in [1.807, 2.05) is 13.8 Å². The van der Waals surface area contributed by atoms with Gasteiger partial charge in [0.15, 0.2) is 6.29 Å². The van der Waals surface area contributed by atoms with Crippen LogP contribution in [0.5, 0.6) is 0 Å². The van der Waals surface area contributed by atoms with Gasteiger partial charge in [-0.15, -0.1) is 0 Å². The molecule has 3 N–H and O–H groups in total. The Kier molecular flexibility index (Phi) is 8.24. The first-order valence-corrected chi connectivity index (χ1v) is 11.5. The highest BCUT2D eigenvalue weighted by Gasteiger charge is 2.69. The average Bonchev–Trinajstić information content (AvgIpc) is 3.03. The first-order valence-electron chi connectivity index (χ1n) is 11.5. The lowest BCUT2D eigenvalue weighted by Crippen LogP contribution is -2.60. The van der Waals surface area contributed by atoms with Crippen molar-refractivity contribution in [2.24, 2.45) is 22.7 Å². The van der Waals surface area contributed by atoms with Gasteiger partial charge in [0, 0.05) is 27.2 Å². The van der Waals surface area contributed by atoms with Crippen molar-refractivity contribution in [2.45, 2.75) is 84.7 Å². The standard InChI is InChI=1S/C23H39F2N3O6/c1-21(2,3)16(27-20(31)32)18(30)28-11-12-14(22(12,4)5)15(28)17(29)26-13(19(33-7)34-8)9-10-23(6,24)25/h12-16,19,27H,9-11H2,1-8H3,(H,26,29)(H,31,32)/t12-,13?,14-,15-,16?/m0/s1. The summed E-state index contributed by atoms with van der Waals surface area (Å²) in [6.07, 6.45) is -2.86. The van der Waals surface area contributed by atoms with Gasteiger partial charge in [-0.2, -0.15) is 0 Å². The molecule has 0 aromatic carbocycles. The maximum Gasteiger partial charge on any atom is 0.405 e. The monoisotopic (exact) mass is 491 g/mol. The zero-order valence-corrected chi connectivity index (χ0v) is 21.3. The van der Waals surface area contributed by atoms with E-state index in [9.17, 15) is 28.3 Å². The third-order valence-electron chi connectivity index (χ3n) is 7.16. The van der Waals surface area contributed by atoms with Crippen LogP contribution >= 0.6 is 0 Å². The highest BCUT2D eigenvalue weighted by atomic mass is 19.3. The van der Waals surface area contributed by atoms with Gasteiger partial charge < -0.3 is 30.1 Å². The van der Waals surface area contributed by atoms with Crippen LogP contribution in [0.25, 0.3) is 0 Å². The molecule has 196 valence electrons. The molecule has 1 saturated carbocycles. The van der Waals surface area contributed by atoms with Gasteiger partial charge >= 0.3 is 6.09 Å². The fourth-order valence-electron chi connectivity index (χ4n) is 5.13. The SMILES string of the molecule is COC(OC)C(CCC(C)(F)F)NC(=O)[C@@H]1[C@@H]2[C@H](CN1C(=O)C(NC(=O)O)C(C)(C)C)C2(C)C. The van der Waals surface area contributed by atoms with Gasteiger partial charge in [-0.3, -0.25) is 9.59 Å². The molecule has 0 radical (unpaired) electrons. The van der Waals surface area contributed by atoms with Crippen LogP contribution in [-0.4, -0.2) is 79.0 Å². The molecule has 2 fully saturated rings. The summed E-state index contributed by atoms with van der Waals surface area (Å²) in [4.78, 5) is 39.8. The van der Waals surface area contributed by atoms with Crippen LogP contribution in [-0.2, 0) is 19.1 Å². The second kappa shape index (κ2) is 9.93. The predicted octanol–water partition coefficient (Wildman–Crippen LogP) is 2.69. The van der Waals surface area contributed by atoms with E-state index in [0.29, 0.717) is 6.54 Å². The second-order valence-corrected chi connectivity index (χ2v) is 11.2. The van der Waals surface area contributed by atoms with Crippen molar-refractivity contribution in [1.82, 2.24) is 15.5 Å². The third kappa shape index (κ3) is 6.16. The second-order valence-electron chi connectivity index (χ2n) is 11.2. The zero-order chi connectivity index (χ0) is 26.2. The molecule has 1 saturated heterocycles. The summed E-state index contributed by atoms with van der Waals surface area (Å²) < 4.78 is 37.5. The Morgan fingerprint density at radius 1 is 1.12 bits per heavy atom. The minimum absolute atomic E-state index is 0.0803. The molecule has 2 rings (SSSR count). The van der Waals surface area contributed by atoms with Crippen LogP contribution in [0.3, 0.4) is 0 Å². The quantitative estimate of drug-likeness (QED) is 0.405. The Hall–Kier alpha value is -2.01. The highest BCUT2D eigenvalue weighted by molar-refractivity contribution is 5.93. The molecule has 0 spiro atoms. The van der Waals surface area contributed by atoms with Crippen molar-refractivity contribution in [2.75, 3.05) is 20.8 Å². The van der Waals surface area contributed by atoms with E-state index in [0.717, 1.165) is 6.92 Å². The lowest BCUT2D eigenvalue weighted by molar-refractivity contribution is -0.149. The third-order valence-corrected chi connectivity index (χ3v) is 7.16. The number of carbonyl (C=O) groups is 3. The van der Waals surface area contributed by atoms with Gasteiger partial charge in [0.05, 0.1) is 6.04 Å². The highest BCUT2D eigenvalue weighted by Crippen LogP contribution is 2.65. The number of ether oxygens (including phenoxy) is 2. The van der Waals surface area contributed by atoms with Crippen molar-refractivity contribution in [3.63, 3.8) is 0 Å². The summed E-state index contributed by atoms with van der Waals surface area (Å²) in [7, 11) is 2.71.